The summed E-state index contributed by atoms with van der Waals surface area (Å²) in [5, 5.41) is 9.97. The molecule has 5 heteroatoms. The van der Waals surface area contributed by atoms with E-state index in [-0.39, 0.29) is 5.78 Å². The molecule has 0 aliphatic rings. The average molecular weight is 188 g/mol. The van der Waals surface area contributed by atoms with Crippen molar-refractivity contribution in [1.82, 2.24) is 20.4 Å². The molecule has 0 saturated heterocycles. The Hall–Kier alpha value is -2.04. The van der Waals surface area contributed by atoms with Crippen LogP contribution in [0, 0.1) is 0 Å². The molecule has 2 aromatic heterocycles. The van der Waals surface area contributed by atoms with Gasteiger partial charge in [0.2, 0.25) is 0 Å². The number of aromatic nitrogens is 4. The normalized spacial score (nSPS) is 10.1. The minimum absolute atomic E-state index is 0.0599. The molecule has 2 aromatic rings. The molecule has 0 aromatic carbocycles. The fourth-order valence-electron chi connectivity index (χ4n) is 1.10. The summed E-state index contributed by atoms with van der Waals surface area (Å²) < 4.78 is 0. The van der Waals surface area contributed by atoms with E-state index in [9.17, 15) is 4.79 Å². The van der Waals surface area contributed by atoms with Crippen LogP contribution in [0.2, 0.25) is 0 Å². The summed E-state index contributed by atoms with van der Waals surface area (Å²) in [5.41, 5.74) is 1.71. The molecule has 0 aliphatic heterocycles. The first-order valence-electron chi connectivity index (χ1n) is 4.12. The number of hydrogen-bond donors (Lipinski definition) is 1. The highest BCUT2D eigenvalue weighted by atomic mass is 16.1. The number of carbonyl (C=O) groups is 1. The van der Waals surface area contributed by atoms with Crippen LogP contribution in [0.25, 0.3) is 11.4 Å². The van der Waals surface area contributed by atoms with Crippen molar-refractivity contribution >= 4 is 5.78 Å². The van der Waals surface area contributed by atoms with Crippen molar-refractivity contribution < 1.29 is 4.79 Å². The summed E-state index contributed by atoms with van der Waals surface area (Å²) in [6.07, 6.45) is 1.63. The first kappa shape index (κ1) is 8.55. The maximum absolute atomic E-state index is 11.1. The molecular weight excluding hydrogens is 180 g/mol. The van der Waals surface area contributed by atoms with Crippen LogP contribution < -0.4 is 0 Å². The van der Waals surface area contributed by atoms with Crippen molar-refractivity contribution in [3.63, 3.8) is 0 Å². The Balaban J connectivity index is 2.46. The summed E-state index contributed by atoms with van der Waals surface area (Å²) >= 11 is 0. The lowest BCUT2D eigenvalue weighted by molar-refractivity contribution is 0.101. The van der Waals surface area contributed by atoms with Gasteiger partial charge in [-0.15, -0.1) is 5.10 Å². The molecule has 0 radical (unpaired) electrons. The highest BCUT2D eigenvalue weighted by Crippen LogP contribution is 2.12. The highest BCUT2D eigenvalue weighted by Gasteiger charge is 2.05. The van der Waals surface area contributed by atoms with Crippen LogP contribution >= 0.6 is 0 Å². The van der Waals surface area contributed by atoms with E-state index in [1.54, 1.807) is 24.4 Å². The fraction of sp³-hybridized carbons (Fsp3) is 0.111. The molecule has 0 fully saturated rings. The van der Waals surface area contributed by atoms with Crippen LogP contribution in [0.4, 0.5) is 0 Å². The summed E-state index contributed by atoms with van der Waals surface area (Å²) in [6.45, 7) is 1.48. The van der Waals surface area contributed by atoms with E-state index in [1.165, 1.54) is 6.92 Å². The molecule has 2 rings (SSSR count). The molecule has 1 N–H and O–H groups in total. The van der Waals surface area contributed by atoms with E-state index in [0.29, 0.717) is 17.1 Å². The van der Waals surface area contributed by atoms with E-state index in [4.69, 9.17) is 0 Å². The Bertz CT molecular complexity index is 450. The molecule has 0 saturated carbocycles. The third kappa shape index (κ3) is 1.52. The van der Waals surface area contributed by atoms with E-state index >= 15 is 0 Å². The zero-order valence-electron chi connectivity index (χ0n) is 7.56. The lowest BCUT2D eigenvalue weighted by Crippen LogP contribution is -1.97. The van der Waals surface area contributed by atoms with Gasteiger partial charge in [0.25, 0.3) is 0 Å². The zero-order chi connectivity index (χ0) is 9.97. The molecule has 0 aliphatic carbocycles. The Labute approximate surface area is 80.2 Å². The maximum atomic E-state index is 11.1. The van der Waals surface area contributed by atoms with Crippen molar-refractivity contribution in [2.24, 2.45) is 0 Å². The Morgan fingerprint density at radius 2 is 2.21 bits per heavy atom. The second-order valence-electron chi connectivity index (χ2n) is 2.82. The maximum Gasteiger partial charge on any atom is 0.178 e. The molecule has 0 atom stereocenters. The lowest BCUT2D eigenvalue weighted by atomic mass is 10.2. The number of nitrogens with one attached hydrogen (secondary N) is 1. The quantitative estimate of drug-likeness (QED) is 0.715. The second-order valence-corrected chi connectivity index (χ2v) is 2.82. The van der Waals surface area contributed by atoms with Gasteiger partial charge in [0, 0.05) is 6.92 Å². The number of H-pyrrole nitrogens is 1. The van der Waals surface area contributed by atoms with Crippen LogP contribution in [-0.4, -0.2) is 26.2 Å². The smallest absolute Gasteiger partial charge is 0.178 e. The molecule has 14 heavy (non-hydrogen) atoms. The van der Waals surface area contributed by atoms with Gasteiger partial charge in [-0.05, 0) is 12.1 Å². The lowest BCUT2D eigenvalue weighted by Gasteiger charge is -1.97. The number of hydrogen-bond acceptors (Lipinski definition) is 4. The van der Waals surface area contributed by atoms with Gasteiger partial charge in [-0.3, -0.25) is 9.89 Å². The number of rotatable bonds is 2. The fourth-order valence-corrected chi connectivity index (χ4v) is 1.10. The average Bonchev–Trinajstić information content (AvgIpc) is 2.71. The van der Waals surface area contributed by atoms with Gasteiger partial charge in [0.15, 0.2) is 5.78 Å². The first-order chi connectivity index (χ1) is 6.77. The van der Waals surface area contributed by atoms with Gasteiger partial charge in [-0.25, -0.2) is 4.98 Å². The summed E-state index contributed by atoms with van der Waals surface area (Å²) in [6, 6.07) is 5.23. The topological polar surface area (TPSA) is 71.5 Å². The minimum Gasteiger partial charge on any atom is -0.293 e. The summed E-state index contributed by atoms with van der Waals surface area (Å²) in [5.74, 6) is -0.0599. The summed E-state index contributed by atoms with van der Waals surface area (Å²) in [4.78, 5) is 15.2. The van der Waals surface area contributed by atoms with Crippen molar-refractivity contribution in [1.29, 1.82) is 0 Å². The van der Waals surface area contributed by atoms with E-state index in [0.717, 1.165) is 0 Å². The number of Topliss-reactive ketones (excluding diaryl/α,β-unsaturated/α-hetero) is 1. The van der Waals surface area contributed by atoms with Gasteiger partial charge in [0.05, 0.1) is 11.9 Å². The molecule has 0 bridgehead atoms. The van der Waals surface area contributed by atoms with Crippen LogP contribution in [0.3, 0.4) is 0 Å². The number of ketones is 1. The van der Waals surface area contributed by atoms with Crippen molar-refractivity contribution in [2.75, 3.05) is 0 Å². The Kier molecular flexibility index (Phi) is 2.06. The highest BCUT2D eigenvalue weighted by molar-refractivity contribution is 5.92. The van der Waals surface area contributed by atoms with E-state index in [2.05, 4.69) is 20.4 Å². The number of pyridine rings is 1. The van der Waals surface area contributed by atoms with Crippen LogP contribution in [0.15, 0.2) is 24.4 Å². The third-order valence-electron chi connectivity index (χ3n) is 1.79. The Morgan fingerprint density at radius 3 is 2.86 bits per heavy atom. The minimum atomic E-state index is -0.0599. The molecule has 5 nitrogen and oxygen atoms in total. The molecule has 0 amide bonds. The van der Waals surface area contributed by atoms with Gasteiger partial charge < -0.3 is 0 Å². The molecule has 0 unspecified atom stereocenters. The molecular formula is C9H8N4O. The first-order valence-corrected chi connectivity index (χ1v) is 4.12. The van der Waals surface area contributed by atoms with Crippen LogP contribution in [0.5, 0.6) is 0 Å². The number of aromatic amines is 1. The summed E-state index contributed by atoms with van der Waals surface area (Å²) in [7, 11) is 0. The molecule has 2 heterocycles. The molecule has 0 spiro atoms. The predicted molar refractivity (Wildman–Crippen MR) is 49.6 cm³/mol. The predicted octanol–water partition coefficient (Wildman–Crippen LogP) is 1.07. The standard InChI is InChI=1S/C9H8N4O/c1-6(14)7-3-2-4-8(11-7)9-5-10-13-12-9/h2-5H,1H3,(H,10,12,13). The number of carbonyl (C=O) groups excluding carboxylic acids is 1. The van der Waals surface area contributed by atoms with Crippen molar-refractivity contribution in [2.45, 2.75) is 6.92 Å². The van der Waals surface area contributed by atoms with Gasteiger partial charge in [0.1, 0.15) is 11.4 Å². The van der Waals surface area contributed by atoms with Crippen molar-refractivity contribution in [3.8, 4) is 11.4 Å². The van der Waals surface area contributed by atoms with Gasteiger partial charge in [-0.2, -0.15) is 0 Å². The zero-order valence-corrected chi connectivity index (χ0v) is 7.56. The van der Waals surface area contributed by atoms with Crippen LogP contribution in [-0.2, 0) is 0 Å². The largest absolute Gasteiger partial charge is 0.293 e. The van der Waals surface area contributed by atoms with Crippen LogP contribution in [0.1, 0.15) is 17.4 Å². The monoisotopic (exact) mass is 188 g/mol. The van der Waals surface area contributed by atoms with Crippen molar-refractivity contribution in [3.05, 3.63) is 30.1 Å². The van der Waals surface area contributed by atoms with Gasteiger partial charge in [-0.1, -0.05) is 11.3 Å². The SMILES string of the molecule is CC(=O)c1cccc(-c2c[nH]nn2)n1. The van der Waals surface area contributed by atoms with E-state index in [1.807, 2.05) is 0 Å². The number of nitrogens with zero attached hydrogens (tertiary/aromatic N) is 3. The Morgan fingerprint density at radius 1 is 1.36 bits per heavy atom. The third-order valence-corrected chi connectivity index (χ3v) is 1.79. The molecule has 70 valence electrons. The van der Waals surface area contributed by atoms with E-state index < -0.39 is 0 Å². The van der Waals surface area contributed by atoms with Gasteiger partial charge >= 0.3 is 0 Å². The second kappa shape index (κ2) is 3.37.